The van der Waals surface area contributed by atoms with Gasteiger partial charge in [-0.25, -0.2) is 0 Å². The summed E-state index contributed by atoms with van der Waals surface area (Å²) >= 11 is 0. The summed E-state index contributed by atoms with van der Waals surface area (Å²) in [6.45, 7) is 3.95. The van der Waals surface area contributed by atoms with Crippen LogP contribution in [0.1, 0.15) is 63.9 Å². The number of carbonyl (C=O) groups is 2. The summed E-state index contributed by atoms with van der Waals surface area (Å²) in [5.74, 6) is 0.613. The quantitative estimate of drug-likeness (QED) is 0.869. The summed E-state index contributed by atoms with van der Waals surface area (Å²) in [6, 6.07) is 8.01. The maximum absolute atomic E-state index is 12.8. The van der Waals surface area contributed by atoms with Gasteiger partial charge in [-0.1, -0.05) is 38.0 Å². The first-order valence-corrected chi connectivity index (χ1v) is 10.4. The molecule has 4 nitrogen and oxygen atoms in total. The fraction of sp³-hybridized carbons (Fsp3) is 0.636. The molecule has 0 radical (unpaired) electrons. The van der Waals surface area contributed by atoms with E-state index in [4.69, 9.17) is 0 Å². The Labute approximate surface area is 157 Å². The largest absolute Gasteiger partial charge is 0.342 e. The minimum Gasteiger partial charge on any atom is -0.342 e. The van der Waals surface area contributed by atoms with E-state index in [9.17, 15) is 9.59 Å². The number of nitrogens with zero attached hydrogens (tertiary/aromatic N) is 1. The zero-order valence-corrected chi connectivity index (χ0v) is 16.0. The number of rotatable bonds is 4. The second-order valence-electron chi connectivity index (χ2n) is 7.79. The monoisotopic (exact) mass is 356 g/mol. The fourth-order valence-electron chi connectivity index (χ4n) is 4.34. The van der Waals surface area contributed by atoms with Crippen LogP contribution in [0.25, 0.3) is 0 Å². The van der Waals surface area contributed by atoms with Gasteiger partial charge < -0.3 is 10.2 Å². The number of amides is 2. The number of likely N-dealkylation sites (tertiary alicyclic amines) is 1. The third kappa shape index (κ3) is 4.66. The van der Waals surface area contributed by atoms with Crippen LogP contribution in [0.2, 0.25) is 0 Å². The fourth-order valence-corrected chi connectivity index (χ4v) is 4.34. The van der Waals surface area contributed by atoms with Gasteiger partial charge in [-0.2, -0.15) is 0 Å². The Kier molecular flexibility index (Phi) is 6.70. The second-order valence-corrected chi connectivity index (χ2v) is 7.79. The summed E-state index contributed by atoms with van der Waals surface area (Å²) in [5.41, 5.74) is 2.11. The number of nitrogens with one attached hydrogen (secondary N) is 1. The lowest BCUT2D eigenvalue weighted by molar-refractivity contribution is -0.137. The van der Waals surface area contributed by atoms with E-state index < -0.39 is 0 Å². The number of hydrogen-bond donors (Lipinski definition) is 1. The van der Waals surface area contributed by atoms with Crippen molar-refractivity contribution in [2.24, 2.45) is 11.8 Å². The molecule has 3 rings (SSSR count). The van der Waals surface area contributed by atoms with Gasteiger partial charge in [0.1, 0.15) is 0 Å². The van der Waals surface area contributed by atoms with Crippen molar-refractivity contribution in [2.75, 3.05) is 18.4 Å². The van der Waals surface area contributed by atoms with E-state index in [-0.39, 0.29) is 17.7 Å². The number of anilines is 1. The first-order chi connectivity index (χ1) is 12.7. The highest BCUT2D eigenvalue weighted by Gasteiger charge is 2.32. The van der Waals surface area contributed by atoms with Gasteiger partial charge in [0, 0.05) is 30.6 Å². The molecule has 2 aliphatic rings. The van der Waals surface area contributed by atoms with Crippen LogP contribution < -0.4 is 5.32 Å². The molecule has 1 N–H and O–H groups in total. The zero-order chi connectivity index (χ0) is 18.4. The van der Waals surface area contributed by atoms with Gasteiger partial charge in [0.15, 0.2) is 0 Å². The molecule has 1 aliphatic carbocycles. The highest BCUT2D eigenvalue weighted by atomic mass is 16.2. The van der Waals surface area contributed by atoms with Crippen LogP contribution in [0.3, 0.4) is 0 Å². The normalized spacial score (nSPS) is 24.0. The van der Waals surface area contributed by atoms with E-state index in [1.807, 2.05) is 18.2 Å². The molecule has 0 bridgehead atoms. The molecule has 0 unspecified atom stereocenters. The Hall–Kier alpha value is -1.84. The van der Waals surface area contributed by atoms with Crippen molar-refractivity contribution in [1.82, 2.24) is 4.90 Å². The zero-order valence-electron chi connectivity index (χ0n) is 16.0. The summed E-state index contributed by atoms with van der Waals surface area (Å²) in [4.78, 5) is 27.5. The summed E-state index contributed by atoms with van der Waals surface area (Å²) in [7, 11) is 0. The van der Waals surface area contributed by atoms with E-state index in [0.29, 0.717) is 5.91 Å². The summed E-state index contributed by atoms with van der Waals surface area (Å²) in [6.07, 6.45) is 9.03. The van der Waals surface area contributed by atoms with E-state index in [1.54, 1.807) is 0 Å². The molecular formula is C22H32N2O2. The number of benzene rings is 1. The van der Waals surface area contributed by atoms with Gasteiger partial charge in [0.05, 0.1) is 0 Å². The molecule has 1 saturated heterocycles. The Balaban J connectivity index is 1.51. The molecule has 4 heteroatoms. The molecule has 1 aromatic carbocycles. The first-order valence-electron chi connectivity index (χ1n) is 10.4. The van der Waals surface area contributed by atoms with Crippen LogP contribution in [0.5, 0.6) is 0 Å². The van der Waals surface area contributed by atoms with Crippen LogP contribution in [0.4, 0.5) is 5.69 Å². The van der Waals surface area contributed by atoms with Gasteiger partial charge >= 0.3 is 0 Å². The van der Waals surface area contributed by atoms with Crippen molar-refractivity contribution < 1.29 is 9.59 Å². The highest BCUT2D eigenvalue weighted by Crippen LogP contribution is 2.31. The average Bonchev–Trinajstić information content (AvgIpc) is 2.97. The second kappa shape index (κ2) is 9.20. The minimum atomic E-state index is 0.0353. The van der Waals surface area contributed by atoms with Crippen LogP contribution >= 0.6 is 0 Å². The van der Waals surface area contributed by atoms with Gasteiger partial charge in [0.25, 0.3) is 0 Å². The van der Waals surface area contributed by atoms with Gasteiger partial charge in [-0.05, 0) is 56.6 Å². The van der Waals surface area contributed by atoms with Crippen LogP contribution in [-0.4, -0.2) is 29.8 Å². The van der Waals surface area contributed by atoms with E-state index >= 15 is 0 Å². The highest BCUT2D eigenvalue weighted by molar-refractivity contribution is 5.93. The maximum atomic E-state index is 12.8. The minimum absolute atomic E-state index is 0.0353. The van der Waals surface area contributed by atoms with Crippen LogP contribution in [-0.2, 0) is 16.0 Å². The average molecular weight is 357 g/mol. The lowest BCUT2D eigenvalue weighted by atomic mass is 9.80. The van der Waals surface area contributed by atoms with Crippen molar-refractivity contribution in [3.05, 3.63) is 29.8 Å². The standard InChI is InChI=1S/C22H32N2O2/c1-2-17-9-5-6-10-20(17)23-21(25)18-11-13-19(14-12-18)22(26)24-15-7-3-4-8-16-24/h5-6,9-10,18-19H,2-4,7-8,11-16H2,1H3,(H,23,25). The van der Waals surface area contributed by atoms with Crippen molar-refractivity contribution in [1.29, 1.82) is 0 Å². The van der Waals surface area contributed by atoms with E-state index in [1.165, 1.54) is 18.4 Å². The summed E-state index contributed by atoms with van der Waals surface area (Å²) < 4.78 is 0. The molecule has 0 atom stereocenters. The summed E-state index contributed by atoms with van der Waals surface area (Å²) in [5, 5.41) is 3.11. The Morgan fingerprint density at radius 2 is 1.58 bits per heavy atom. The molecule has 1 aliphatic heterocycles. The molecular weight excluding hydrogens is 324 g/mol. The van der Waals surface area contributed by atoms with E-state index in [0.717, 1.165) is 63.7 Å². The maximum Gasteiger partial charge on any atom is 0.227 e. The Morgan fingerprint density at radius 1 is 0.962 bits per heavy atom. The van der Waals surface area contributed by atoms with E-state index in [2.05, 4.69) is 23.2 Å². The number of aryl methyl sites for hydroxylation is 1. The predicted octanol–water partition coefficient (Wildman–Crippen LogP) is 4.40. The molecule has 2 amide bonds. The lowest BCUT2D eigenvalue weighted by Crippen LogP contribution is -2.39. The number of para-hydroxylation sites is 1. The number of carbonyl (C=O) groups excluding carboxylic acids is 2. The van der Waals surface area contributed by atoms with Gasteiger partial charge in [-0.15, -0.1) is 0 Å². The molecule has 1 saturated carbocycles. The van der Waals surface area contributed by atoms with Gasteiger partial charge in [-0.3, -0.25) is 9.59 Å². The third-order valence-electron chi connectivity index (χ3n) is 6.02. The van der Waals surface area contributed by atoms with Crippen molar-refractivity contribution in [3.63, 3.8) is 0 Å². The topological polar surface area (TPSA) is 49.4 Å². The van der Waals surface area contributed by atoms with Crippen molar-refractivity contribution >= 4 is 17.5 Å². The Bertz CT molecular complexity index is 612. The smallest absolute Gasteiger partial charge is 0.227 e. The molecule has 142 valence electrons. The first kappa shape index (κ1) is 18.9. The SMILES string of the molecule is CCc1ccccc1NC(=O)C1CCC(C(=O)N2CCCCCC2)CC1. The molecule has 1 heterocycles. The molecule has 1 aromatic rings. The number of hydrogen-bond acceptors (Lipinski definition) is 2. The molecule has 0 aromatic heterocycles. The van der Waals surface area contributed by atoms with Gasteiger partial charge in [0.2, 0.25) is 11.8 Å². The lowest BCUT2D eigenvalue weighted by Gasteiger charge is -2.31. The molecule has 0 spiro atoms. The third-order valence-corrected chi connectivity index (χ3v) is 6.02. The predicted molar refractivity (Wildman–Crippen MR) is 105 cm³/mol. The van der Waals surface area contributed by atoms with Crippen LogP contribution in [0, 0.1) is 11.8 Å². The Morgan fingerprint density at radius 3 is 2.23 bits per heavy atom. The molecule has 26 heavy (non-hydrogen) atoms. The van der Waals surface area contributed by atoms with Crippen molar-refractivity contribution in [2.45, 2.75) is 64.7 Å². The van der Waals surface area contributed by atoms with Crippen molar-refractivity contribution in [3.8, 4) is 0 Å². The molecule has 2 fully saturated rings. The van der Waals surface area contributed by atoms with Crippen LogP contribution in [0.15, 0.2) is 24.3 Å².